The number of hydrogen-bond acceptors (Lipinski definition) is 5. The zero-order valence-electron chi connectivity index (χ0n) is 8.09. The van der Waals surface area contributed by atoms with Gasteiger partial charge in [0.15, 0.2) is 6.29 Å². The van der Waals surface area contributed by atoms with E-state index in [9.17, 15) is 10.2 Å². The van der Waals surface area contributed by atoms with Crippen molar-refractivity contribution in [3.63, 3.8) is 0 Å². The Bertz CT molecular complexity index is 179. The summed E-state index contributed by atoms with van der Waals surface area (Å²) in [7, 11) is 2.90. The number of aliphatic hydroxyl groups excluding tert-OH is 2. The molecule has 0 saturated carbocycles. The molecule has 1 aliphatic heterocycles. The predicted molar refractivity (Wildman–Crippen MR) is 52.3 cm³/mol. The summed E-state index contributed by atoms with van der Waals surface area (Å²) in [6, 6.07) is 0. The fraction of sp³-hybridized carbons (Fsp3) is 1.00. The molecule has 1 heterocycles. The van der Waals surface area contributed by atoms with Crippen LogP contribution in [0.2, 0.25) is 0 Å². The molecule has 84 valence electrons. The molecule has 1 fully saturated rings. The maximum atomic E-state index is 9.78. The Balaban J connectivity index is 2.73. The molecule has 0 aliphatic carbocycles. The highest BCUT2D eigenvalue weighted by molar-refractivity contribution is 9.09. The summed E-state index contributed by atoms with van der Waals surface area (Å²) in [5.41, 5.74) is 0. The summed E-state index contributed by atoms with van der Waals surface area (Å²) in [6.07, 6.45) is -3.61. The van der Waals surface area contributed by atoms with Gasteiger partial charge in [-0.3, -0.25) is 0 Å². The van der Waals surface area contributed by atoms with Gasteiger partial charge in [-0.2, -0.15) is 0 Å². The second-order valence-electron chi connectivity index (χ2n) is 3.11. The third kappa shape index (κ3) is 2.26. The summed E-state index contributed by atoms with van der Waals surface area (Å²) in [4.78, 5) is 0. The molecule has 1 saturated heterocycles. The van der Waals surface area contributed by atoms with Gasteiger partial charge in [0.05, 0.1) is 6.10 Å². The Morgan fingerprint density at radius 2 is 1.79 bits per heavy atom. The number of ether oxygens (including phenoxy) is 3. The van der Waals surface area contributed by atoms with Crippen molar-refractivity contribution in [2.75, 3.05) is 19.5 Å². The first kappa shape index (κ1) is 12.4. The van der Waals surface area contributed by atoms with Crippen LogP contribution in [0, 0.1) is 0 Å². The lowest BCUT2D eigenvalue weighted by Crippen LogP contribution is -2.59. The van der Waals surface area contributed by atoms with E-state index < -0.39 is 30.7 Å². The smallest absolute Gasteiger partial charge is 0.184 e. The zero-order valence-corrected chi connectivity index (χ0v) is 9.68. The molecule has 2 N–H and O–H groups in total. The van der Waals surface area contributed by atoms with Crippen LogP contribution in [-0.4, -0.2) is 60.5 Å². The first-order valence-electron chi connectivity index (χ1n) is 4.28. The van der Waals surface area contributed by atoms with Gasteiger partial charge in [-0.05, 0) is 0 Å². The van der Waals surface area contributed by atoms with E-state index in [0.29, 0.717) is 5.33 Å². The Hall–Kier alpha value is 0.280. The van der Waals surface area contributed by atoms with Gasteiger partial charge >= 0.3 is 0 Å². The van der Waals surface area contributed by atoms with Crippen LogP contribution < -0.4 is 0 Å². The van der Waals surface area contributed by atoms with Crippen molar-refractivity contribution < 1.29 is 24.4 Å². The van der Waals surface area contributed by atoms with Crippen LogP contribution in [0.25, 0.3) is 0 Å². The average molecular weight is 271 g/mol. The fourth-order valence-electron chi connectivity index (χ4n) is 1.56. The lowest BCUT2D eigenvalue weighted by atomic mass is 10.00. The second kappa shape index (κ2) is 5.39. The first-order valence-corrected chi connectivity index (χ1v) is 5.41. The van der Waals surface area contributed by atoms with Crippen molar-refractivity contribution in [2.24, 2.45) is 0 Å². The normalized spacial score (nSPS) is 43.9. The summed E-state index contributed by atoms with van der Waals surface area (Å²) in [5.74, 6) is 0. The van der Waals surface area contributed by atoms with Crippen molar-refractivity contribution in [2.45, 2.75) is 30.7 Å². The summed E-state index contributed by atoms with van der Waals surface area (Å²) >= 11 is 3.18. The molecule has 0 aromatic carbocycles. The van der Waals surface area contributed by atoms with Crippen LogP contribution in [0.4, 0.5) is 0 Å². The molecular formula is C8H15BrO5. The maximum absolute atomic E-state index is 9.78. The molecule has 1 rings (SSSR count). The van der Waals surface area contributed by atoms with E-state index in [4.69, 9.17) is 14.2 Å². The van der Waals surface area contributed by atoms with Gasteiger partial charge in [-0.25, -0.2) is 0 Å². The summed E-state index contributed by atoms with van der Waals surface area (Å²) < 4.78 is 15.2. The number of halogens is 1. The van der Waals surface area contributed by atoms with Crippen molar-refractivity contribution in [3.05, 3.63) is 0 Å². The lowest BCUT2D eigenvalue weighted by Gasteiger charge is -2.40. The van der Waals surface area contributed by atoms with Crippen LogP contribution >= 0.6 is 15.9 Å². The summed E-state index contributed by atoms with van der Waals surface area (Å²) in [5, 5.41) is 19.7. The van der Waals surface area contributed by atoms with Crippen LogP contribution in [0.3, 0.4) is 0 Å². The van der Waals surface area contributed by atoms with Crippen LogP contribution in [0.5, 0.6) is 0 Å². The molecule has 5 nitrogen and oxygen atoms in total. The lowest BCUT2D eigenvalue weighted by molar-refractivity contribution is -0.286. The van der Waals surface area contributed by atoms with Crippen LogP contribution in [0.1, 0.15) is 0 Å². The van der Waals surface area contributed by atoms with E-state index in [-0.39, 0.29) is 0 Å². The molecule has 0 aromatic heterocycles. The van der Waals surface area contributed by atoms with Crippen molar-refractivity contribution in [1.29, 1.82) is 0 Å². The zero-order chi connectivity index (χ0) is 10.7. The number of alkyl halides is 1. The highest BCUT2D eigenvalue weighted by Crippen LogP contribution is 2.24. The van der Waals surface area contributed by atoms with Gasteiger partial charge < -0.3 is 24.4 Å². The van der Waals surface area contributed by atoms with E-state index >= 15 is 0 Å². The Morgan fingerprint density at radius 3 is 2.21 bits per heavy atom. The summed E-state index contributed by atoms with van der Waals surface area (Å²) in [6.45, 7) is 0. The monoisotopic (exact) mass is 270 g/mol. The van der Waals surface area contributed by atoms with Crippen molar-refractivity contribution >= 4 is 15.9 Å². The third-order valence-corrected chi connectivity index (χ3v) is 2.97. The minimum atomic E-state index is -1.07. The molecule has 0 spiro atoms. The molecule has 0 radical (unpaired) electrons. The minimum absolute atomic E-state index is 0.432. The fourth-order valence-corrected chi connectivity index (χ4v) is 2.09. The number of rotatable bonds is 3. The molecule has 1 aliphatic rings. The SMILES string of the molecule is COC1C(OC)[C@@H](O)OC(CBr)[C@H]1O. The van der Waals surface area contributed by atoms with Gasteiger partial charge in [-0.1, -0.05) is 15.9 Å². The van der Waals surface area contributed by atoms with E-state index in [1.807, 2.05) is 0 Å². The molecule has 0 amide bonds. The predicted octanol–water partition coefficient (Wildman–Crippen LogP) is -0.511. The Morgan fingerprint density at radius 1 is 1.21 bits per heavy atom. The van der Waals surface area contributed by atoms with E-state index in [2.05, 4.69) is 15.9 Å². The van der Waals surface area contributed by atoms with Gasteiger partial charge in [0, 0.05) is 19.5 Å². The van der Waals surface area contributed by atoms with E-state index in [1.54, 1.807) is 0 Å². The van der Waals surface area contributed by atoms with Crippen molar-refractivity contribution in [1.82, 2.24) is 0 Å². The average Bonchev–Trinajstić information content (AvgIpc) is 2.20. The molecule has 0 aromatic rings. The molecule has 6 heteroatoms. The standard InChI is InChI=1S/C8H15BrO5/c1-12-6-5(10)4(3-9)14-8(11)7(6)13-2/h4-8,10-11H,3H2,1-2H3/t4?,5-,6?,7?,8+/m1/s1. The Kier molecular flexibility index (Phi) is 4.75. The number of hydrogen-bond donors (Lipinski definition) is 2. The highest BCUT2D eigenvalue weighted by atomic mass is 79.9. The van der Waals surface area contributed by atoms with Gasteiger partial charge in [0.2, 0.25) is 0 Å². The van der Waals surface area contributed by atoms with Gasteiger partial charge in [0.1, 0.15) is 18.3 Å². The Labute approximate surface area is 91.1 Å². The highest BCUT2D eigenvalue weighted by Gasteiger charge is 2.44. The van der Waals surface area contributed by atoms with E-state index in [0.717, 1.165) is 0 Å². The van der Waals surface area contributed by atoms with Gasteiger partial charge in [-0.15, -0.1) is 0 Å². The maximum Gasteiger partial charge on any atom is 0.184 e. The van der Waals surface area contributed by atoms with Crippen molar-refractivity contribution in [3.8, 4) is 0 Å². The van der Waals surface area contributed by atoms with Crippen LogP contribution in [0.15, 0.2) is 0 Å². The molecular weight excluding hydrogens is 256 g/mol. The number of methoxy groups -OCH3 is 2. The molecule has 0 bridgehead atoms. The molecule has 3 unspecified atom stereocenters. The number of aliphatic hydroxyl groups is 2. The molecule has 5 atom stereocenters. The first-order chi connectivity index (χ1) is 6.65. The second-order valence-corrected chi connectivity index (χ2v) is 3.76. The largest absolute Gasteiger partial charge is 0.388 e. The molecule has 14 heavy (non-hydrogen) atoms. The van der Waals surface area contributed by atoms with Crippen LogP contribution in [-0.2, 0) is 14.2 Å². The minimum Gasteiger partial charge on any atom is -0.388 e. The van der Waals surface area contributed by atoms with E-state index in [1.165, 1.54) is 14.2 Å². The van der Waals surface area contributed by atoms with Gasteiger partial charge in [0.25, 0.3) is 0 Å². The third-order valence-electron chi connectivity index (χ3n) is 2.33. The quantitative estimate of drug-likeness (QED) is 0.677. The topological polar surface area (TPSA) is 68.2 Å².